The zero-order valence-corrected chi connectivity index (χ0v) is 13.1. The molecule has 1 saturated heterocycles. The van der Waals surface area contributed by atoms with Gasteiger partial charge in [0.2, 0.25) is 0 Å². The highest BCUT2D eigenvalue weighted by molar-refractivity contribution is 9.10. The van der Waals surface area contributed by atoms with Crippen LogP contribution < -0.4 is 10.5 Å². The van der Waals surface area contributed by atoms with Crippen molar-refractivity contribution >= 4 is 33.1 Å². The van der Waals surface area contributed by atoms with Crippen molar-refractivity contribution in [3.63, 3.8) is 0 Å². The van der Waals surface area contributed by atoms with E-state index in [0.717, 1.165) is 25.9 Å². The van der Waals surface area contributed by atoms with Crippen molar-refractivity contribution in [2.24, 2.45) is 5.73 Å². The maximum atomic E-state index is 14.2. The molecule has 0 radical (unpaired) electrons. The average molecular weight is 347 g/mol. The molecular formula is C13H16BrFN2OS. The topological polar surface area (TPSA) is 38.5 Å². The van der Waals surface area contributed by atoms with E-state index in [1.807, 2.05) is 0 Å². The number of halogens is 2. The highest BCUT2D eigenvalue weighted by Gasteiger charge is 2.21. The number of ether oxygens (including phenoxy) is 1. The normalized spacial score (nSPS) is 17.4. The molecule has 0 aliphatic carbocycles. The Balaban J connectivity index is 2.13. The Bertz CT molecular complexity index is 490. The van der Waals surface area contributed by atoms with Crippen LogP contribution in [0.3, 0.4) is 0 Å². The summed E-state index contributed by atoms with van der Waals surface area (Å²) in [5.41, 5.74) is 6.01. The van der Waals surface area contributed by atoms with E-state index in [4.69, 9.17) is 22.7 Å². The van der Waals surface area contributed by atoms with Gasteiger partial charge in [-0.2, -0.15) is 0 Å². The Labute approximate surface area is 126 Å². The minimum Gasteiger partial charge on any atom is -0.487 e. The molecule has 6 heteroatoms. The Morgan fingerprint density at radius 2 is 2.11 bits per heavy atom. The van der Waals surface area contributed by atoms with E-state index in [-0.39, 0.29) is 21.3 Å². The SMILES string of the molecule is CN1CCC(Oc2ccc(C(N)=S)c(Br)c2F)CC1. The number of benzene rings is 1. The van der Waals surface area contributed by atoms with Gasteiger partial charge in [-0.25, -0.2) is 4.39 Å². The third-order valence-corrected chi connectivity index (χ3v) is 4.27. The lowest BCUT2D eigenvalue weighted by Gasteiger charge is -2.29. The third kappa shape index (κ3) is 3.43. The van der Waals surface area contributed by atoms with Gasteiger partial charge >= 0.3 is 0 Å². The number of piperidine rings is 1. The van der Waals surface area contributed by atoms with E-state index in [9.17, 15) is 4.39 Å². The molecule has 2 N–H and O–H groups in total. The maximum Gasteiger partial charge on any atom is 0.179 e. The monoisotopic (exact) mass is 346 g/mol. The van der Waals surface area contributed by atoms with E-state index in [1.165, 1.54) is 0 Å². The van der Waals surface area contributed by atoms with Crippen LogP contribution in [-0.2, 0) is 0 Å². The zero-order chi connectivity index (χ0) is 14.0. The fourth-order valence-electron chi connectivity index (χ4n) is 2.10. The molecule has 3 nitrogen and oxygen atoms in total. The molecule has 0 bridgehead atoms. The summed E-state index contributed by atoms with van der Waals surface area (Å²) >= 11 is 8.04. The summed E-state index contributed by atoms with van der Waals surface area (Å²) in [5, 5.41) is 0. The summed E-state index contributed by atoms with van der Waals surface area (Å²) in [6.45, 7) is 1.94. The second-order valence-electron chi connectivity index (χ2n) is 4.72. The second kappa shape index (κ2) is 6.15. The number of nitrogens with zero attached hydrogens (tertiary/aromatic N) is 1. The van der Waals surface area contributed by atoms with E-state index < -0.39 is 5.82 Å². The summed E-state index contributed by atoms with van der Waals surface area (Å²) in [6.07, 6.45) is 1.88. The molecule has 1 fully saturated rings. The molecule has 0 aromatic heterocycles. The van der Waals surface area contributed by atoms with Crippen molar-refractivity contribution in [1.82, 2.24) is 4.90 Å². The summed E-state index contributed by atoms with van der Waals surface area (Å²) in [6, 6.07) is 3.27. The van der Waals surface area contributed by atoms with E-state index in [2.05, 4.69) is 27.9 Å². The quantitative estimate of drug-likeness (QED) is 0.854. The molecule has 0 spiro atoms. The minimum atomic E-state index is -0.441. The Morgan fingerprint density at radius 1 is 1.47 bits per heavy atom. The molecule has 1 aromatic carbocycles. The minimum absolute atomic E-state index is 0.0632. The molecule has 0 saturated carbocycles. The van der Waals surface area contributed by atoms with Crippen molar-refractivity contribution in [1.29, 1.82) is 0 Å². The maximum absolute atomic E-state index is 14.2. The Morgan fingerprint density at radius 3 is 2.68 bits per heavy atom. The zero-order valence-electron chi connectivity index (χ0n) is 10.7. The predicted molar refractivity (Wildman–Crippen MR) is 81.1 cm³/mol. The first-order valence-electron chi connectivity index (χ1n) is 6.12. The molecule has 0 atom stereocenters. The standard InChI is InChI=1S/C13H16BrFN2OS/c1-17-6-4-8(5-7-17)18-10-3-2-9(13(16)19)11(14)12(10)15/h2-3,8H,4-7H2,1H3,(H2,16,19). The van der Waals surface area contributed by atoms with Crippen molar-refractivity contribution in [3.8, 4) is 5.75 Å². The van der Waals surface area contributed by atoms with Crippen LogP contribution in [0.4, 0.5) is 4.39 Å². The number of hydrogen-bond donors (Lipinski definition) is 1. The number of rotatable bonds is 3. The van der Waals surface area contributed by atoms with Gasteiger partial charge in [-0.05, 0) is 48.0 Å². The molecule has 19 heavy (non-hydrogen) atoms. The van der Waals surface area contributed by atoms with Crippen LogP contribution in [-0.4, -0.2) is 36.1 Å². The molecule has 1 heterocycles. The summed E-state index contributed by atoms with van der Waals surface area (Å²) in [4.78, 5) is 2.40. The molecule has 1 aliphatic rings. The number of nitrogens with two attached hydrogens (primary N) is 1. The summed E-state index contributed by atoms with van der Waals surface area (Å²) < 4.78 is 20.2. The first-order chi connectivity index (χ1) is 8.99. The fourth-order valence-corrected chi connectivity index (χ4v) is 2.94. The number of hydrogen-bond acceptors (Lipinski definition) is 3. The molecule has 2 rings (SSSR count). The van der Waals surface area contributed by atoms with E-state index in [1.54, 1.807) is 12.1 Å². The van der Waals surface area contributed by atoms with Crippen LogP contribution in [0.15, 0.2) is 16.6 Å². The Hall–Kier alpha value is -0.720. The lowest BCUT2D eigenvalue weighted by atomic mass is 10.1. The third-order valence-electron chi connectivity index (χ3n) is 3.27. The molecule has 0 amide bonds. The second-order valence-corrected chi connectivity index (χ2v) is 5.96. The van der Waals surface area contributed by atoms with Crippen LogP contribution in [0.25, 0.3) is 0 Å². The first kappa shape index (κ1) is 14.7. The lowest BCUT2D eigenvalue weighted by molar-refractivity contribution is 0.110. The van der Waals surface area contributed by atoms with Crippen molar-refractivity contribution in [3.05, 3.63) is 28.0 Å². The van der Waals surface area contributed by atoms with Gasteiger partial charge in [0.15, 0.2) is 11.6 Å². The molecule has 0 unspecified atom stereocenters. The summed E-state index contributed by atoms with van der Waals surface area (Å²) in [5.74, 6) is -0.189. The van der Waals surface area contributed by atoms with Crippen LogP contribution in [0.5, 0.6) is 5.75 Å². The highest BCUT2D eigenvalue weighted by Crippen LogP contribution is 2.30. The largest absolute Gasteiger partial charge is 0.487 e. The van der Waals surface area contributed by atoms with Gasteiger partial charge in [-0.1, -0.05) is 12.2 Å². The summed E-state index contributed by atoms with van der Waals surface area (Å²) in [7, 11) is 2.07. The Kier molecular flexibility index (Phi) is 4.76. The van der Waals surface area contributed by atoms with E-state index in [0.29, 0.717) is 5.56 Å². The van der Waals surface area contributed by atoms with Gasteiger partial charge in [0, 0.05) is 18.7 Å². The first-order valence-corrected chi connectivity index (χ1v) is 7.32. The fraction of sp³-hybridized carbons (Fsp3) is 0.462. The van der Waals surface area contributed by atoms with Crippen molar-refractivity contribution < 1.29 is 9.13 Å². The van der Waals surface area contributed by atoms with Gasteiger partial charge in [-0.3, -0.25) is 0 Å². The van der Waals surface area contributed by atoms with Crippen LogP contribution in [0.2, 0.25) is 0 Å². The van der Waals surface area contributed by atoms with Gasteiger partial charge in [0.1, 0.15) is 11.1 Å². The average Bonchev–Trinajstić information content (AvgIpc) is 2.37. The predicted octanol–water partition coefficient (Wildman–Crippen LogP) is 2.70. The van der Waals surface area contributed by atoms with Gasteiger partial charge in [-0.15, -0.1) is 0 Å². The van der Waals surface area contributed by atoms with Crippen molar-refractivity contribution in [2.75, 3.05) is 20.1 Å². The van der Waals surface area contributed by atoms with E-state index >= 15 is 0 Å². The molecule has 1 aromatic rings. The molecular weight excluding hydrogens is 331 g/mol. The smallest absolute Gasteiger partial charge is 0.179 e. The number of likely N-dealkylation sites (tertiary alicyclic amines) is 1. The van der Waals surface area contributed by atoms with Crippen LogP contribution in [0, 0.1) is 5.82 Å². The highest BCUT2D eigenvalue weighted by atomic mass is 79.9. The molecule has 104 valence electrons. The number of thiocarbonyl (C=S) groups is 1. The van der Waals surface area contributed by atoms with Crippen LogP contribution >= 0.6 is 28.1 Å². The molecule has 1 aliphatic heterocycles. The lowest BCUT2D eigenvalue weighted by Crippen LogP contribution is -2.35. The van der Waals surface area contributed by atoms with Gasteiger partial charge < -0.3 is 15.4 Å². The van der Waals surface area contributed by atoms with Gasteiger partial charge in [0.05, 0.1) is 4.47 Å². The van der Waals surface area contributed by atoms with Gasteiger partial charge in [0.25, 0.3) is 0 Å². The van der Waals surface area contributed by atoms with Crippen molar-refractivity contribution in [2.45, 2.75) is 18.9 Å². The van der Waals surface area contributed by atoms with Crippen LogP contribution in [0.1, 0.15) is 18.4 Å².